The van der Waals surface area contributed by atoms with Crippen molar-refractivity contribution in [1.82, 2.24) is 10.3 Å². The molecule has 0 spiro atoms. The van der Waals surface area contributed by atoms with Gasteiger partial charge >= 0.3 is 0 Å². The number of ether oxygens (including phenoxy) is 2. The van der Waals surface area contributed by atoms with Crippen LogP contribution in [-0.4, -0.2) is 25.7 Å². The van der Waals surface area contributed by atoms with Gasteiger partial charge in [0.15, 0.2) is 0 Å². The molecule has 0 aliphatic rings. The van der Waals surface area contributed by atoms with E-state index < -0.39 is 0 Å². The maximum Gasteiger partial charge on any atom is 0.128 e. The molecule has 0 amide bonds. The first-order chi connectivity index (χ1) is 10.7. The third-order valence-electron chi connectivity index (χ3n) is 3.62. The number of aromatic nitrogens is 1. The number of aryl methyl sites for hydroxylation is 1. The van der Waals surface area contributed by atoms with Gasteiger partial charge in [-0.25, -0.2) is 0 Å². The average molecular weight is 300 g/mol. The fourth-order valence-electron chi connectivity index (χ4n) is 2.34. The van der Waals surface area contributed by atoms with Gasteiger partial charge in [-0.1, -0.05) is 13.0 Å². The normalized spacial score (nSPS) is 10.5. The van der Waals surface area contributed by atoms with E-state index in [4.69, 9.17) is 14.5 Å². The van der Waals surface area contributed by atoms with Gasteiger partial charge in [-0.2, -0.15) is 0 Å². The van der Waals surface area contributed by atoms with Crippen LogP contribution in [0, 0.1) is 6.92 Å². The Kier molecular flexibility index (Phi) is 5.78. The summed E-state index contributed by atoms with van der Waals surface area (Å²) in [5.74, 6) is 1.59. The summed E-state index contributed by atoms with van der Waals surface area (Å²) < 4.78 is 10.7. The summed E-state index contributed by atoms with van der Waals surface area (Å²) in [4.78, 5) is 4.73. The van der Waals surface area contributed by atoms with E-state index in [0.29, 0.717) is 0 Å². The Labute approximate surface area is 132 Å². The van der Waals surface area contributed by atoms with Crippen LogP contribution in [0.15, 0.2) is 30.3 Å². The van der Waals surface area contributed by atoms with E-state index >= 15 is 0 Å². The topological polar surface area (TPSA) is 43.4 Å². The van der Waals surface area contributed by atoms with Crippen LogP contribution in [0.3, 0.4) is 0 Å². The second-order valence-corrected chi connectivity index (χ2v) is 5.18. The number of nitrogens with one attached hydrogen (secondary N) is 1. The number of benzene rings is 1. The van der Waals surface area contributed by atoms with E-state index in [2.05, 4.69) is 18.3 Å². The second kappa shape index (κ2) is 7.80. The number of rotatable bonds is 7. The summed E-state index contributed by atoms with van der Waals surface area (Å²) in [5.41, 5.74) is 4.09. The van der Waals surface area contributed by atoms with Gasteiger partial charge in [-0.05, 0) is 49.7 Å². The summed E-state index contributed by atoms with van der Waals surface area (Å²) in [5, 5.41) is 3.41. The van der Waals surface area contributed by atoms with Crippen molar-refractivity contribution in [3.63, 3.8) is 0 Å². The highest BCUT2D eigenvalue weighted by atomic mass is 16.5. The fraction of sp³-hybridized carbons (Fsp3) is 0.389. The number of hydrogen-bond acceptors (Lipinski definition) is 4. The number of nitrogens with zero attached hydrogens (tertiary/aromatic N) is 1. The van der Waals surface area contributed by atoms with E-state index in [-0.39, 0.29) is 0 Å². The van der Waals surface area contributed by atoms with Gasteiger partial charge in [0, 0.05) is 17.8 Å². The molecule has 22 heavy (non-hydrogen) atoms. The molecule has 1 aromatic heterocycles. The Morgan fingerprint density at radius 2 is 1.91 bits per heavy atom. The second-order valence-electron chi connectivity index (χ2n) is 5.18. The lowest BCUT2D eigenvalue weighted by molar-refractivity contribution is 0.404. The summed E-state index contributed by atoms with van der Waals surface area (Å²) in [6, 6.07) is 9.90. The predicted octanol–water partition coefficient (Wildman–Crippen LogP) is 3.57. The molecule has 0 unspecified atom stereocenters. The SMILES string of the molecule is CCCNCc1ccc(-c2cc(OC)ccc2OC)nc1C. The first-order valence-corrected chi connectivity index (χ1v) is 7.59. The van der Waals surface area contributed by atoms with Gasteiger partial charge in [0.2, 0.25) is 0 Å². The molecular weight excluding hydrogens is 276 g/mol. The number of methoxy groups -OCH3 is 2. The summed E-state index contributed by atoms with van der Waals surface area (Å²) >= 11 is 0. The smallest absolute Gasteiger partial charge is 0.128 e. The first kappa shape index (κ1) is 16.3. The zero-order chi connectivity index (χ0) is 15.9. The molecular formula is C18H24N2O2. The standard InChI is InChI=1S/C18H24N2O2/c1-5-10-19-12-14-6-8-17(20-13(14)2)16-11-15(21-3)7-9-18(16)22-4/h6-9,11,19H,5,10,12H2,1-4H3. The van der Waals surface area contributed by atoms with Crippen LogP contribution in [0.5, 0.6) is 11.5 Å². The minimum Gasteiger partial charge on any atom is -0.497 e. The summed E-state index contributed by atoms with van der Waals surface area (Å²) in [6.45, 7) is 6.07. The lowest BCUT2D eigenvalue weighted by atomic mass is 10.1. The Bertz CT molecular complexity index is 626. The van der Waals surface area contributed by atoms with Crippen LogP contribution in [0.2, 0.25) is 0 Å². The molecule has 2 aromatic rings. The minimum atomic E-state index is 0.795. The lowest BCUT2D eigenvalue weighted by Crippen LogP contribution is -2.15. The third-order valence-corrected chi connectivity index (χ3v) is 3.62. The molecule has 0 saturated carbocycles. The fourth-order valence-corrected chi connectivity index (χ4v) is 2.34. The van der Waals surface area contributed by atoms with Gasteiger partial charge in [0.25, 0.3) is 0 Å². The third kappa shape index (κ3) is 3.77. The molecule has 118 valence electrons. The van der Waals surface area contributed by atoms with Crippen LogP contribution < -0.4 is 14.8 Å². The minimum absolute atomic E-state index is 0.795. The van der Waals surface area contributed by atoms with Crippen LogP contribution >= 0.6 is 0 Å². The molecule has 0 radical (unpaired) electrons. The van der Waals surface area contributed by atoms with E-state index in [1.807, 2.05) is 31.2 Å². The molecule has 0 aliphatic heterocycles. The van der Waals surface area contributed by atoms with E-state index in [1.54, 1.807) is 14.2 Å². The Morgan fingerprint density at radius 1 is 1.09 bits per heavy atom. The summed E-state index contributed by atoms with van der Waals surface area (Å²) in [6.07, 6.45) is 1.13. The molecule has 1 N–H and O–H groups in total. The molecule has 4 heteroatoms. The molecule has 0 fully saturated rings. The molecule has 1 aromatic carbocycles. The van der Waals surface area contributed by atoms with E-state index in [1.165, 1.54) is 5.56 Å². The van der Waals surface area contributed by atoms with Crippen LogP contribution in [0.25, 0.3) is 11.3 Å². The highest BCUT2D eigenvalue weighted by Gasteiger charge is 2.10. The Hall–Kier alpha value is -2.07. The van der Waals surface area contributed by atoms with Crippen LogP contribution in [-0.2, 0) is 6.54 Å². The molecule has 0 aliphatic carbocycles. The van der Waals surface area contributed by atoms with Gasteiger partial charge in [0.1, 0.15) is 11.5 Å². The van der Waals surface area contributed by atoms with Crippen molar-refractivity contribution in [3.8, 4) is 22.8 Å². The van der Waals surface area contributed by atoms with Crippen molar-refractivity contribution in [1.29, 1.82) is 0 Å². The van der Waals surface area contributed by atoms with Crippen molar-refractivity contribution in [2.24, 2.45) is 0 Å². The molecule has 1 heterocycles. The quantitative estimate of drug-likeness (QED) is 0.794. The molecule has 0 atom stereocenters. The predicted molar refractivity (Wildman–Crippen MR) is 89.5 cm³/mol. The lowest BCUT2D eigenvalue weighted by Gasteiger charge is -2.12. The Balaban J connectivity index is 2.31. The van der Waals surface area contributed by atoms with Gasteiger partial charge in [0.05, 0.1) is 19.9 Å². The van der Waals surface area contributed by atoms with E-state index in [0.717, 1.165) is 48.0 Å². The maximum absolute atomic E-state index is 5.44. The monoisotopic (exact) mass is 300 g/mol. The first-order valence-electron chi connectivity index (χ1n) is 7.59. The Morgan fingerprint density at radius 3 is 2.55 bits per heavy atom. The highest BCUT2D eigenvalue weighted by molar-refractivity contribution is 5.69. The van der Waals surface area contributed by atoms with Crippen molar-refractivity contribution in [3.05, 3.63) is 41.6 Å². The van der Waals surface area contributed by atoms with Gasteiger partial charge < -0.3 is 14.8 Å². The van der Waals surface area contributed by atoms with Crippen molar-refractivity contribution in [2.45, 2.75) is 26.8 Å². The zero-order valence-electron chi connectivity index (χ0n) is 13.8. The largest absolute Gasteiger partial charge is 0.497 e. The van der Waals surface area contributed by atoms with Crippen molar-refractivity contribution < 1.29 is 9.47 Å². The molecule has 2 rings (SSSR count). The van der Waals surface area contributed by atoms with Crippen LogP contribution in [0.1, 0.15) is 24.6 Å². The molecule has 0 saturated heterocycles. The van der Waals surface area contributed by atoms with Crippen molar-refractivity contribution in [2.75, 3.05) is 20.8 Å². The average Bonchev–Trinajstić information content (AvgIpc) is 2.55. The number of pyridine rings is 1. The molecule has 0 bridgehead atoms. The van der Waals surface area contributed by atoms with Gasteiger partial charge in [-0.3, -0.25) is 4.98 Å². The molecule has 4 nitrogen and oxygen atoms in total. The number of hydrogen-bond donors (Lipinski definition) is 1. The maximum atomic E-state index is 5.44. The highest BCUT2D eigenvalue weighted by Crippen LogP contribution is 2.32. The van der Waals surface area contributed by atoms with Crippen LogP contribution in [0.4, 0.5) is 0 Å². The van der Waals surface area contributed by atoms with E-state index in [9.17, 15) is 0 Å². The van der Waals surface area contributed by atoms with Gasteiger partial charge in [-0.15, -0.1) is 0 Å². The zero-order valence-corrected chi connectivity index (χ0v) is 13.8. The summed E-state index contributed by atoms with van der Waals surface area (Å²) in [7, 11) is 3.33. The van der Waals surface area contributed by atoms with Crippen molar-refractivity contribution >= 4 is 0 Å².